The van der Waals surface area contributed by atoms with Crippen molar-refractivity contribution in [2.75, 3.05) is 54.4 Å². The maximum atomic E-state index is 5.50. The third-order valence-corrected chi connectivity index (χ3v) is 4.35. The molecule has 19 heavy (non-hydrogen) atoms. The lowest BCUT2D eigenvalue weighted by atomic mass is 10.2. The Labute approximate surface area is 123 Å². The summed E-state index contributed by atoms with van der Waals surface area (Å²) in [5.41, 5.74) is 5.50. The van der Waals surface area contributed by atoms with Gasteiger partial charge in [-0.3, -0.25) is 0 Å². The van der Waals surface area contributed by atoms with Crippen LogP contribution in [0.5, 0.6) is 0 Å². The number of nitrogens with two attached hydrogens (primary N) is 1. The van der Waals surface area contributed by atoms with Crippen molar-refractivity contribution in [1.29, 1.82) is 0 Å². The van der Waals surface area contributed by atoms with Gasteiger partial charge in [-0.05, 0) is 59.3 Å². The summed E-state index contributed by atoms with van der Waals surface area (Å²) in [6.07, 6.45) is 2.48. The lowest BCUT2D eigenvalue weighted by Crippen LogP contribution is -2.41. The van der Waals surface area contributed by atoms with E-state index in [4.69, 9.17) is 18.0 Å². The first-order valence-electron chi connectivity index (χ1n) is 7.00. The second-order valence-corrected chi connectivity index (χ2v) is 6.11. The summed E-state index contributed by atoms with van der Waals surface area (Å²) in [4.78, 5) is 6.62. The molecule has 0 aromatic carbocycles. The van der Waals surface area contributed by atoms with Gasteiger partial charge in [-0.25, -0.2) is 0 Å². The van der Waals surface area contributed by atoms with E-state index in [1.807, 2.05) is 19.0 Å². The van der Waals surface area contributed by atoms with E-state index in [-0.39, 0.29) is 0 Å². The number of likely N-dealkylation sites (N-methyl/N-ethyl adjacent to an activating group) is 4. The molecule has 0 aromatic heterocycles. The average molecular weight is 287 g/mol. The van der Waals surface area contributed by atoms with Crippen molar-refractivity contribution in [1.82, 2.24) is 20.0 Å². The third-order valence-electron chi connectivity index (χ3n) is 4.06. The molecule has 2 unspecified atom stereocenters. The van der Waals surface area contributed by atoms with Crippen LogP contribution in [0.25, 0.3) is 0 Å². The number of likely N-dealkylation sites (tertiary alicyclic amines) is 2. The zero-order valence-electron chi connectivity index (χ0n) is 12.7. The average Bonchev–Trinajstić information content (AvgIpc) is 2.97. The van der Waals surface area contributed by atoms with Gasteiger partial charge in [0.2, 0.25) is 0 Å². The van der Waals surface area contributed by atoms with Gasteiger partial charge in [-0.2, -0.15) is 0 Å². The van der Waals surface area contributed by atoms with Gasteiger partial charge in [0.05, 0.1) is 0 Å². The predicted octanol–water partition coefficient (Wildman–Crippen LogP) is -0.224. The molecular weight excluding hydrogens is 258 g/mol. The van der Waals surface area contributed by atoms with Crippen molar-refractivity contribution in [3.63, 3.8) is 0 Å². The largest absolute Gasteiger partial charge is 0.376 e. The highest BCUT2D eigenvalue weighted by atomic mass is 32.1. The van der Waals surface area contributed by atoms with Gasteiger partial charge in [0.25, 0.3) is 0 Å². The van der Waals surface area contributed by atoms with E-state index in [0.717, 1.165) is 19.1 Å². The smallest absolute Gasteiger partial charge is 0.166 e. The third kappa shape index (κ3) is 5.60. The molecule has 2 fully saturated rings. The van der Waals surface area contributed by atoms with Crippen LogP contribution in [-0.2, 0) is 0 Å². The molecule has 0 radical (unpaired) electrons. The van der Waals surface area contributed by atoms with E-state index >= 15 is 0 Å². The first kappa shape index (κ1) is 16.6. The Morgan fingerprint density at radius 2 is 1.79 bits per heavy atom. The Balaban J connectivity index is 0.000000200. The summed E-state index contributed by atoms with van der Waals surface area (Å²) in [5, 5.41) is 3.76. The van der Waals surface area contributed by atoms with E-state index in [0.29, 0.717) is 11.2 Å². The molecular formula is C13H29N5S. The second-order valence-electron chi connectivity index (χ2n) is 5.69. The molecule has 0 amide bonds. The van der Waals surface area contributed by atoms with Crippen molar-refractivity contribution in [3.05, 3.63) is 0 Å². The van der Waals surface area contributed by atoms with Gasteiger partial charge >= 0.3 is 0 Å². The molecule has 2 heterocycles. The quantitative estimate of drug-likeness (QED) is 0.685. The summed E-state index contributed by atoms with van der Waals surface area (Å²) >= 11 is 4.88. The van der Waals surface area contributed by atoms with Crippen molar-refractivity contribution >= 4 is 17.3 Å². The van der Waals surface area contributed by atoms with Crippen LogP contribution in [0.2, 0.25) is 0 Å². The zero-order chi connectivity index (χ0) is 14.4. The van der Waals surface area contributed by atoms with Crippen LogP contribution in [0.3, 0.4) is 0 Å². The van der Waals surface area contributed by atoms with E-state index in [1.165, 1.54) is 25.9 Å². The minimum atomic E-state index is 0.505. The van der Waals surface area contributed by atoms with Crippen LogP contribution in [0.4, 0.5) is 0 Å². The zero-order valence-corrected chi connectivity index (χ0v) is 13.5. The van der Waals surface area contributed by atoms with Crippen LogP contribution >= 0.6 is 12.2 Å². The summed E-state index contributed by atoms with van der Waals surface area (Å²) in [5.74, 6) is 0. The lowest BCUT2D eigenvalue weighted by Gasteiger charge is -2.24. The second kappa shape index (κ2) is 7.99. The minimum absolute atomic E-state index is 0.505. The molecule has 0 aromatic rings. The molecule has 5 nitrogen and oxygen atoms in total. The van der Waals surface area contributed by atoms with Crippen LogP contribution in [0.1, 0.15) is 12.8 Å². The van der Waals surface area contributed by atoms with E-state index in [9.17, 15) is 0 Å². The summed E-state index contributed by atoms with van der Waals surface area (Å²) in [6.45, 7) is 4.70. The molecule has 0 saturated carbocycles. The van der Waals surface area contributed by atoms with Gasteiger partial charge in [-0.15, -0.1) is 0 Å². The molecule has 112 valence electrons. The van der Waals surface area contributed by atoms with Gasteiger partial charge < -0.3 is 25.8 Å². The summed E-state index contributed by atoms with van der Waals surface area (Å²) < 4.78 is 0. The normalized spacial score (nSPS) is 28.0. The Kier molecular flexibility index (Phi) is 6.99. The van der Waals surface area contributed by atoms with E-state index < -0.39 is 0 Å². The van der Waals surface area contributed by atoms with Gasteiger partial charge in [0.1, 0.15) is 0 Å². The molecule has 0 spiro atoms. The van der Waals surface area contributed by atoms with Crippen LogP contribution in [-0.4, -0.2) is 86.3 Å². The SMILES string of the molecule is CN1CCC(N(C)C(N)=S)C1.CNC1CCN(C)C1. The Bertz CT molecular complexity index is 286. The number of thiocarbonyl (C=S) groups is 1. The number of rotatable bonds is 2. The monoisotopic (exact) mass is 287 g/mol. The molecule has 2 rings (SSSR count). The fourth-order valence-corrected chi connectivity index (χ4v) is 2.73. The van der Waals surface area contributed by atoms with E-state index in [2.05, 4.69) is 29.2 Å². The first-order chi connectivity index (χ1) is 8.93. The highest BCUT2D eigenvalue weighted by molar-refractivity contribution is 7.80. The number of nitrogens with one attached hydrogen (secondary N) is 1. The molecule has 0 aliphatic carbocycles. The standard InChI is InChI=1S/C7H15N3S.C6H14N2/c1-9-4-3-6(5-9)10(2)7(8)11;1-7-6-3-4-8(2)5-6/h6H,3-5H2,1-2H3,(H2,8,11);6-7H,3-5H2,1-2H3. The Hall–Kier alpha value is -0.430. The van der Waals surface area contributed by atoms with E-state index in [1.54, 1.807) is 0 Å². The molecule has 2 saturated heterocycles. The number of nitrogens with zero attached hydrogens (tertiary/aromatic N) is 3. The fraction of sp³-hybridized carbons (Fsp3) is 0.923. The van der Waals surface area contributed by atoms with Crippen LogP contribution < -0.4 is 11.1 Å². The van der Waals surface area contributed by atoms with Crippen LogP contribution in [0, 0.1) is 0 Å². The Morgan fingerprint density at radius 3 is 2.11 bits per heavy atom. The van der Waals surface area contributed by atoms with Gasteiger partial charge in [-0.1, -0.05) is 0 Å². The summed E-state index contributed by atoms with van der Waals surface area (Å²) in [6, 6.07) is 1.28. The van der Waals surface area contributed by atoms with Crippen LogP contribution in [0.15, 0.2) is 0 Å². The number of hydrogen-bond acceptors (Lipinski definition) is 4. The highest BCUT2D eigenvalue weighted by Crippen LogP contribution is 2.11. The predicted molar refractivity (Wildman–Crippen MR) is 85.4 cm³/mol. The lowest BCUT2D eigenvalue weighted by molar-refractivity contribution is 0.344. The fourth-order valence-electron chi connectivity index (χ4n) is 2.58. The van der Waals surface area contributed by atoms with Crippen molar-refractivity contribution in [3.8, 4) is 0 Å². The highest BCUT2D eigenvalue weighted by Gasteiger charge is 2.23. The maximum absolute atomic E-state index is 5.50. The number of hydrogen-bond donors (Lipinski definition) is 2. The molecule has 2 atom stereocenters. The molecule has 2 aliphatic heterocycles. The van der Waals surface area contributed by atoms with Crippen molar-refractivity contribution in [2.24, 2.45) is 5.73 Å². The summed E-state index contributed by atoms with van der Waals surface area (Å²) in [7, 11) is 8.28. The van der Waals surface area contributed by atoms with Gasteiger partial charge in [0.15, 0.2) is 5.11 Å². The van der Waals surface area contributed by atoms with Gasteiger partial charge in [0, 0.05) is 32.2 Å². The molecule has 2 aliphatic rings. The first-order valence-corrected chi connectivity index (χ1v) is 7.41. The Morgan fingerprint density at radius 1 is 1.21 bits per heavy atom. The van der Waals surface area contributed by atoms with Crippen molar-refractivity contribution < 1.29 is 0 Å². The topological polar surface area (TPSA) is 47.8 Å². The van der Waals surface area contributed by atoms with Crippen molar-refractivity contribution in [2.45, 2.75) is 24.9 Å². The molecule has 6 heteroatoms. The maximum Gasteiger partial charge on any atom is 0.166 e. The molecule has 3 N–H and O–H groups in total. The molecule has 0 bridgehead atoms. The minimum Gasteiger partial charge on any atom is -0.376 e.